The highest BCUT2D eigenvalue weighted by molar-refractivity contribution is 6.01. The molecule has 0 unspecified atom stereocenters. The lowest BCUT2D eigenvalue weighted by atomic mass is 10.1. The molecule has 0 atom stereocenters. The Morgan fingerprint density at radius 2 is 2.14 bits per heavy atom. The highest BCUT2D eigenvalue weighted by Crippen LogP contribution is 2.22. The van der Waals surface area contributed by atoms with Gasteiger partial charge in [0, 0.05) is 24.1 Å². The number of carboxylic acid groups (broad SMARTS) is 1. The number of benzene rings is 1. The summed E-state index contributed by atoms with van der Waals surface area (Å²) in [7, 11) is 0. The van der Waals surface area contributed by atoms with Crippen LogP contribution < -0.4 is 0 Å². The summed E-state index contributed by atoms with van der Waals surface area (Å²) in [6.07, 6.45) is 2.17. The van der Waals surface area contributed by atoms with Crippen LogP contribution in [0, 0.1) is 0 Å². The molecule has 0 fully saturated rings. The number of hydrogen-bond acceptors (Lipinski definition) is 4. The Morgan fingerprint density at radius 3 is 2.76 bits per heavy atom. The van der Waals surface area contributed by atoms with E-state index >= 15 is 0 Å². The fourth-order valence-corrected chi connectivity index (χ4v) is 2.20. The molecule has 0 saturated heterocycles. The first-order valence-electron chi connectivity index (χ1n) is 6.48. The minimum atomic E-state index is -1.13. The zero-order valence-corrected chi connectivity index (χ0v) is 11.5. The number of aldehydes is 1. The van der Waals surface area contributed by atoms with E-state index in [0.717, 1.165) is 10.1 Å². The molecule has 0 aliphatic heterocycles. The van der Waals surface area contributed by atoms with E-state index in [1.165, 1.54) is 13.1 Å². The molecule has 0 amide bonds. The molecule has 2 rings (SSSR count). The van der Waals surface area contributed by atoms with E-state index in [0.29, 0.717) is 42.2 Å². The van der Waals surface area contributed by atoms with Crippen LogP contribution in [0.4, 0.5) is 4.79 Å². The van der Waals surface area contributed by atoms with Crippen LogP contribution in [-0.2, 0) is 16.0 Å². The quantitative estimate of drug-likeness (QED) is 0.519. The topological polar surface area (TPSA) is 85.6 Å². The molecule has 6 heteroatoms. The second kappa shape index (κ2) is 6.21. The third-order valence-electron chi connectivity index (χ3n) is 3.15. The SMILES string of the molecule is CC(=O)OCCCc1ccc2c(c1)c(C=O)cn2C(=O)O. The number of fused-ring (bicyclic) bond motifs is 1. The number of ether oxygens (including phenoxy) is 1. The van der Waals surface area contributed by atoms with Gasteiger partial charge in [0.2, 0.25) is 0 Å². The summed E-state index contributed by atoms with van der Waals surface area (Å²) < 4.78 is 5.88. The van der Waals surface area contributed by atoms with Gasteiger partial charge < -0.3 is 9.84 Å². The largest absolute Gasteiger partial charge is 0.466 e. The van der Waals surface area contributed by atoms with Crippen molar-refractivity contribution in [3.05, 3.63) is 35.5 Å². The number of nitrogens with zero attached hydrogens (tertiary/aromatic N) is 1. The molecule has 2 aromatic rings. The number of aryl methyl sites for hydroxylation is 1. The number of hydrogen-bond donors (Lipinski definition) is 1. The number of esters is 1. The standard InChI is InChI=1S/C15H15NO5/c1-10(18)21-6-2-3-11-4-5-14-13(7-11)12(9-17)8-16(14)15(19)20/h4-5,7-9H,2-3,6H2,1H3,(H,19,20). The van der Waals surface area contributed by atoms with Crippen molar-refractivity contribution >= 4 is 29.3 Å². The van der Waals surface area contributed by atoms with E-state index in [4.69, 9.17) is 9.84 Å². The Balaban J connectivity index is 2.22. The van der Waals surface area contributed by atoms with E-state index in [9.17, 15) is 14.4 Å². The van der Waals surface area contributed by atoms with E-state index in [-0.39, 0.29) is 5.97 Å². The summed E-state index contributed by atoms with van der Waals surface area (Å²) in [5, 5.41) is 9.69. The van der Waals surface area contributed by atoms with Crippen molar-refractivity contribution in [1.29, 1.82) is 0 Å². The summed E-state index contributed by atoms with van der Waals surface area (Å²) in [6, 6.07) is 5.29. The lowest BCUT2D eigenvalue weighted by molar-refractivity contribution is -0.141. The van der Waals surface area contributed by atoms with Crippen LogP contribution in [0.25, 0.3) is 10.9 Å². The van der Waals surface area contributed by atoms with Crippen molar-refractivity contribution in [1.82, 2.24) is 4.57 Å². The van der Waals surface area contributed by atoms with Gasteiger partial charge in [-0.25, -0.2) is 4.79 Å². The summed E-state index contributed by atoms with van der Waals surface area (Å²) in [5.74, 6) is -0.313. The van der Waals surface area contributed by atoms with Crippen LogP contribution in [0.3, 0.4) is 0 Å². The normalized spacial score (nSPS) is 10.5. The third-order valence-corrected chi connectivity index (χ3v) is 3.15. The average molecular weight is 289 g/mol. The zero-order chi connectivity index (χ0) is 15.4. The zero-order valence-electron chi connectivity index (χ0n) is 11.5. The highest BCUT2D eigenvalue weighted by atomic mass is 16.5. The van der Waals surface area contributed by atoms with E-state index in [1.807, 2.05) is 6.07 Å². The Hall–Kier alpha value is -2.63. The summed E-state index contributed by atoms with van der Waals surface area (Å²) >= 11 is 0. The molecule has 0 bridgehead atoms. The fraction of sp³-hybridized carbons (Fsp3) is 0.267. The predicted octanol–water partition coefficient (Wildman–Crippen LogP) is 2.48. The highest BCUT2D eigenvalue weighted by Gasteiger charge is 2.12. The summed E-state index contributed by atoms with van der Waals surface area (Å²) in [4.78, 5) is 32.8. The first kappa shape index (κ1) is 14.8. The van der Waals surface area contributed by atoms with Crippen molar-refractivity contribution in [3.63, 3.8) is 0 Å². The molecule has 110 valence electrons. The molecule has 6 nitrogen and oxygen atoms in total. The van der Waals surface area contributed by atoms with Crippen molar-refractivity contribution in [3.8, 4) is 0 Å². The number of carbonyl (C=O) groups is 3. The maximum absolute atomic E-state index is 11.1. The Kier molecular flexibility index (Phi) is 4.37. The summed E-state index contributed by atoms with van der Waals surface area (Å²) in [5.41, 5.74) is 1.78. The Morgan fingerprint density at radius 1 is 1.38 bits per heavy atom. The van der Waals surface area contributed by atoms with E-state index in [2.05, 4.69) is 0 Å². The minimum absolute atomic E-state index is 0.313. The van der Waals surface area contributed by atoms with Gasteiger partial charge in [-0.15, -0.1) is 0 Å². The van der Waals surface area contributed by atoms with Gasteiger partial charge in [0.25, 0.3) is 0 Å². The molecule has 0 radical (unpaired) electrons. The summed E-state index contributed by atoms with van der Waals surface area (Å²) in [6.45, 7) is 1.70. The monoisotopic (exact) mass is 289 g/mol. The lowest BCUT2D eigenvalue weighted by Gasteiger charge is -2.04. The third kappa shape index (κ3) is 3.28. The van der Waals surface area contributed by atoms with Gasteiger partial charge in [0.05, 0.1) is 12.1 Å². The first-order valence-corrected chi connectivity index (χ1v) is 6.48. The molecule has 0 aliphatic carbocycles. The second-order valence-electron chi connectivity index (χ2n) is 4.65. The van der Waals surface area contributed by atoms with E-state index in [1.54, 1.807) is 12.1 Å². The van der Waals surface area contributed by atoms with Gasteiger partial charge in [-0.1, -0.05) is 6.07 Å². The number of rotatable bonds is 5. The lowest BCUT2D eigenvalue weighted by Crippen LogP contribution is -2.05. The molecular formula is C15H15NO5. The van der Waals surface area contributed by atoms with Gasteiger partial charge in [-0.3, -0.25) is 14.2 Å². The van der Waals surface area contributed by atoms with Crippen LogP contribution in [0.5, 0.6) is 0 Å². The second-order valence-corrected chi connectivity index (χ2v) is 4.65. The van der Waals surface area contributed by atoms with Crippen molar-refractivity contribution in [2.24, 2.45) is 0 Å². The molecular weight excluding hydrogens is 274 g/mol. The van der Waals surface area contributed by atoms with Gasteiger partial charge in [0.1, 0.15) is 0 Å². The predicted molar refractivity (Wildman–Crippen MR) is 75.7 cm³/mol. The van der Waals surface area contributed by atoms with Crippen LogP contribution in [-0.4, -0.2) is 34.6 Å². The van der Waals surface area contributed by atoms with Gasteiger partial charge in [0.15, 0.2) is 6.29 Å². The van der Waals surface area contributed by atoms with E-state index < -0.39 is 6.09 Å². The first-order chi connectivity index (χ1) is 10.0. The van der Waals surface area contributed by atoms with Crippen LogP contribution in [0.1, 0.15) is 29.3 Å². The average Bonchev–Trinajstić information content (AvgIpc) is 2.81. The molecule has 0 saturated carbocycles. The fourth-order valence-electron chi connectivity index (χ4n) is 2.20. The van der Waals surface area contributed by atoms with Crippen LogP contribution >= 0.6 is 0 Å². The molecule has 1 aromatic heterocycles. The molecule has 0 spiro atoms. The van der Waals surface area contributed by atoms with Gasteiger partial charge in [-0.2, -0.15) is 0 Å². The van der Waals surface area contributed by atoms with Crippen molar-refractivity contribution in [2.75, 3.05) is 6.61 Å². The van der Waals surface area contributed by atoms with Crippen molar-refractivity contribution < 1.29 is 24.2 Å². The van der Waals surface area contributed by atoms with Gasteiger partial charge in [-0.05, 0) is 30.5 Å². The Bertz CT molecular complexity index is 701. The number of carbonyl (C=O) groups excluding carboxylic acids is 2. The molecule has 21 heavy (non-hydrogen) atoms. The van der Waals surface area contributed by atoms with Crippen LogP contribution in [0.2, 0.25) is 0 Å². The minimum Gasteiger partial charge on any atom is -0.466 e. The maximum Gasteiger partial charge on any atom is 0.416 e. The molecule has 1 heterocycles. The van der Waals surface area contributed by atoms with Crippen molar-refractivity contribution in [2.45, 2.75) is 19.8 Å². The Labute approximate surface area is 120 Å². The maximum atomic E-state index is 11.1. The molecule has 0 aliphatic rings. The number of aromatic nitrogens is 1. The smallest absolute Gasteiger partial charge is 0.416 e. The molecule has 1 N–H and O–H groups in total. The molecule has 1 aromatic carbocycles. The van der Waals surface area contributed by atoms with Gasteiger partial charge >= 0.3 is 12.1 Å². The van der Waals surface area contributed by atoms with Crippen LogP contribution in [0.15, 0.2) is 24.4 Å².